The summed E-state index contributed by atoms with van der Waals surface area (Å²) in [5.41, 5.74) is 1.73. The largest absolute Gasteiger partial charge is 0.313 e. The van der Waals surface area contributed by atoms with Gasteiger partial charge in [-0.25, -0.2) is 0 Å². The van der Waals surface area contributed by atoms with Gasteiger partial charge in [-0.3, -0.25) is 4.72 Å². The highest BCUT2D eigenvalue weighted by Gasteiger charge is 2.31. The zero-order chi connectivity index (χ0) is 12.6. The fourth-order valence-corrected chi connectivity index (χ4v) is 3.85. The first-order valence-electron chi connectivity index (χ1n) is 6.24. The highest BCUT2D eigenvalue weighted by atomic mass is 32.2. The van der Waals surface area contributed by atoms with Crippen LogP contribution in [-0.4, -0.2) is 31.9 Å². The summed E-state index contributed by atoms with van der Waals surface area (Å²) in [6.07, 6.45) is 2.18. The van der Waals surface area contributed by atoms with Crippen LogP contribution in [-0.2, 0) is 16.8 Å². The van der Waals surface area contributed by atoms with Gasteiger partial charge in [-0.15, -0.1) is 0 Å². The molecule has 0 spiro atoms. The molecule has 3 rings (SSSR count). The Morgan fingerprint density at radius 2 is 2.17 bits per heavy atom. The van der Waals surface area contributed by atoms with E-state index in [1.807, 2.05) is 18.2 Å². The number of hydrogen-bond donors (Lipinski definition) is 2. The molecule has 6 heteroatoms. The number of anilines is 1. The number of para-hydroxylation sites is 1. The monoisotopic (exact) mass is 267 g/mol. The number of nitrogens with one attached hydrogen (secondary N) is 2. The van der Waals surface area contributed by atoms with Gasteiger partial charge in [0.15, 0.2) is 0 Å². The van der Waals surface area contributed by atoms with Gasteiger partial charge in [0.25, 0.3) is 0 Å². The minimum atomic E-state index is -3.38. The Morgan fingerprint density at radius 1 is 1.33 bits per heavy atom. The van der Waals surface area contributed by atoms with Gasteiger partial charge in [0.05, 0.1) is 5.69 Å². The van der Waals surface area contributed by atoms with Crippen molar-refractivity contribution >= 4 is 15.9 Å². The van der Waals surface area contributed by atoms with Crippen LogP contribution in [0, 0.1) is 0 Å². The first kappa shape index (κ1) is 12.0. The third-order valence-electron chi connectivity index (χ3n) is 3.53. The smallest absolute Gasteiger partial charge is 0.302 e. The Hall–Kier alpha value is -1.11. The highest BCUT2D eigenvalue weighted by Crippen LogP contribution is 2.26. The van der Waals surface area contributed by atoms with E-state index in [0.29, 0.717) is 18.8 Å². The molecule has 1 atom stereocenters. The van der Waals surface area contributed by atoms with Crippen molar-refractivity contribution in [1.29, 1.82) is 0 Å². The molecule has 0 radical (unpaired) electrons. The second kappa shape index (κ2) is 4.53. The zero-order valence-electron chi connectivity index (χ0n) is 10.1. The van der Waals surface area contributed by atoms with Gasteiger partial charge in [-0.05, 0) is 31.0 Å². The molecule has 1 unspecified atom stereocenters. The molecule has 0 saturated carbocycles. The second-order valence-electron chi connectivity index (χ2n) is 4.85. The quantitative estimate of drug-likeness (QED) is 0.837. The van der Waals surface area contributed by atoms with Crippen LogP contribution in [0.25, 0.3) is 0 Å². The molecule has 18 heavy (non-hydrogen) atoms. The van der Waals surface area contributed by atoms with Crippen molar-refractivity contribution in [3.8, 4) is 0 Å². The average molecular weight is 267 g/mol. The molecular weight excluding hydrogens is 250 g/mol. The maximum atomic E-state index is 12.1. The molecule has 2 heterocycles. The predicted molar refractivity (Wildman–Crippen MR) is 70.4 cm³/mol. The van der Waals surface area contributed by atoms with Crippen molar-refractivity contribution in [3.63, 3.8) is 0 Å². The molecule has 0 aromatic heterocycles. The Kier molecular flexibility index (Phi) is 3.01. The molecule has 1 aromatic rings. The number of hydrogen-bond acceptors (Lipinski definition) is 3. The SMILES string of the molecule is O=S1(=O)Nc2ccccc2CN1CC1CCCN1. The van der Waals surface area contributed by atoms with Crippen molar-refractivity contribution < 1.29 is 8.42 Å². The van der Waals surface area contributed by atoms with Crippen LogP contribution in [0.2, 0.25) is 0 Å². The minimum absolute atomic E-state index is 0.284. The molecule has 0 aliphatic carbocycles. The van der Waals surface area contributed by atoms with E-state index in [1.165, 1.54) is 4.31 Å². The molecule has 2 aliphatic rings. The van der Waals surface area contributed by atoms with Crippen molar-refractivity contribution in [2.75, 3.05) is 17.8 Å². The van der Waals surface area contributed by atoms with Crippen LogP contribution in [0.4, 0.5) is 5.69 Å². The van der Waals surface area contributed by atoms with Gasteiger partial charge in [0, 0.05) is 19.1 Å². The minimum Gasteiger partial charge on any atom is -0.313 e. The molecule has 98 valence electrons. The summed E-state index contributed by atoms with van der Waals surface area (Å²) in [7, 11) is -3.38. The maximum absolute atomic E-state index is 12.1. The van der Waals surface area contributed by atoms with Crippen molar-refractivity contribution in [1.82, 2.24) is 9.62 Å². The van der Waals surface area contributed by atoms with Gasteiger partial charge in [-0.1, -0.05) is 18.2 Å². The summed E-state index contributed by atoms with van der Waals surface area (Å²) < 4.78 is 28.4. The molecule has 1 aromatic carbocycles. The highest BCUT2D eigenvalue weighted by molar-refractivity contribution is 7.90. The number of nitrogens with zero attached hydrogens (tertiary/aromatic N) is 1. The van der Waals surface area contributed by atoms with Gasteiger partial charge in [0.2, 0.25) is 0 Å². The van der Waals surface area contributed by atoms with Crippen molar-refractivity contribution in [2.45, 2.75) is 25.4 Å². The average Bonchev–Trinajstić information content (AvgIpc) is 2.82. The zero-order valence-corrected chi connectivity index (χ0v) is 10.9. The summed E-state index contributed by atoms with van der Waals surface area (Å²) in [4.78, 5) is 0. The van der Waals surface area contributed by atoms with Crippen molar-refractivity contribution in [3.05, 3.63) is 29.8 Å². The third-order valence-corrected chi connectivity index (χ3v) is 4.97. The van der Waals surface area contributed by atoms with Crippen LogP contribution < -0.4 is 10.0 Å². The lowest BCUT2D eigenvalue weighted by Gasteiger charge is -2.30. The first-order valence-corrected chi connectivity index (χ1v) is 7.68. The lowest BCUT2D eigenvalue weighted by Crippen LogP contribution is -2.45. The molecule has 2 N–H and O–H groups in total. The van der Waals surface area contributed by atoms with Crippen LogP contribution in [0.3, 0.4) is 0 Å². The number of benzene rings is 1. The Bertz CT molecular complexity index is 538. The van der Waals surface area contributed by atoms with E-state index in [-0.39, 0.29) is 6.04 Å². The van der Waals surface area contributed by atoms with E-state index in [0.717, 1.165) is 24.9 Å². The molecule has 0 amide bonds. The predicted octanol–water partition coefficient (Wildman–Crippen LogP) is 0.911. The third kappa shape index (κ3) is 2.23. The maximum Gasteiger partial charge on any atom is 0.302 e. The summed E-state index contributed by atoms with van der Waals surface area (Å²) >= 11 is 0. The van der Waals surface area contributed by atoms with E-state index < -0.39 is 10.2 Å². The molecule has 1 saturated heterocycles. The van der Waals surface area contributed by atoms with Crippen LogP contribution in [0.15, 0.2) is 24.3 Å². The Balaban J connectivity index is 1.82. The van der Waals surface area contributed by atoms with E-state index in [9.17, 15) is 8.42 Å². The normalized spacial score (nSPS) is 26.6. The van der Waals surface area contributed by atoms with E-state index in [1.54, 1.807) is 6.07 Å². The van der Waals surface area contributed by atoms with Crippen molar-refractivity contribution in [2.24, 2.45) is 0 Å². The van der Waals surface area contributed by atoms with Crippen LogP contribution in [0.1, 0.15) is 18.4 Å². The molecule has 5 nitrogen and oxygen atoms in total. The van der Waals surface area contributed by atoms with E-state index in [4.69, 9.17) is 0 Å². The standard InChI is InChI=1S/C12H17N3O2S/c16-18(17)14-12-6-2-1-4-10(12)8-15(18)9-11-5-3-7-13-11/h1-2,4,6,11,13-14H,3,5,7-9H2. The fraction of sp³-hybridized carbons (Fsp3) is 0.500. The lowest BCUT2D eigenvalue weighted by atomic mass is 10.1. The summed E-state index contributed by atoms with van der Waals surface area (Å²) in [6, 6.07) is 7.83. The molecule has 2 aliphatic heterocycles. The van der Waals surface area contributed by atoms with E-state index >= 15 is 0 Å². The van der Waals surface area contributed by atoms with Gasteiger partial charge >= 0.3 is 10.2 Å². The van der Waals surface area contributed by atoms with E-state index in [2.05, 4.69) is 10.0 Å². The van der Waals surface area contributed by atoms with Gasteiger partial charge in [-0.2, -0.15) is 12.7 Å². The van der Waals surface area contributed by atoms with Gasteiger partial charge in [0.1, 0.15) is 0 Å². The molecule has 0 bridgehead atoms. The number of rotatable bonds is 2. The lowest BCUT2D eigenvalue weighted by molar-refractivity contribution is 0.364. The second-order valence-corrected chi connectivity index (χ2v) is 6.52. The van der Waals surface area contributed by atoms with Crippen LogP contribution >= 0.6 is 0 Å². The topological polar surface area (TPSA) is 61.4 Å². The summed E-state index contributed by atoms with van der Waals surface area (Å²) in [5, 5.41) is 3.33. The fourth-order valence-electron chi connectivity index (χ4n) is 2.56. The Labute approximate surface area is 107 Å². The Morgan fingerprint density at radius 3 is 2.94 bits per heavy atom. The molecular formula is C12H17N3O2S. The molecule has 1 fully saturated rings. The first-order chi connectivity index (χ1) is 8.65. The van der Waals surface area contributed by atoms with Gasteiger partial charge < -0.3 is 5.32 Å². The summed E-state index contributed by atoms with van der Waals surface area (Å²) in [5.74, 6) is 0. The number of fused-ring (bicyclic) bond motifs is 1. The summed E-state index contributed by atoms with van der Waals surface area (Å²) in [6.45, 7) is 2.00. The van der Waals surface area contributed by atoms with Crippen LogP contribution in [0.5, 0.6) is 0 Å².